The van der Waals surface area contributed by atoms with Gasteiger partial charge in [0.15, 0.2) is 0 Å². The van der Waals surface area contributed by atoms with E-state index >= 15 is 0 Å². The summed E-state index contributed by atoms with van der Waals surface area (Å²) in [7, 11) is 0. The number of carboxylic acid groups (broad SMARTS) is 1. The highest BCUT2D eigenvalue weighted by Crippen LogP contribution is 2.28. The van der Waals surface area contributed by atoms with E-state index in [1.165, 1.54) is 4.90 Å². The Morgan fingerprint density at radius 3 is 2.45 bits per heavy atom. The van der Waals surface area contributed by atoms with Gasteiger partial charge in [0.25, 0.3) is 0 Å². The van der Waals surface area contributed by atoms with Crippen LogP contribution >= 0.6 is 0 Å². The van der Waals surface area contributed by atoms with E-state index in [4.69, 9.17) is 5.11 Å². The third-order valence-electron chi connectivity index (χ3n) is 3.08. The molecule has 0 aliphatic heterocycles. The number of nitrogens with zero attached hydrogens (tertiary/aromatic N) is 1. The molecule has 0 saturated heterocycles. The molecule has 0 unspecified atom stereocenters. The lowest BCUT2D eigenvalue weighted by atomic mass is 10.2. The lowest BCUT2D eigenvalue weighted by molar-refractivity contribution is -0.144. The molecule has 0 radical (unpaired) electrons. The highest BCUT2D eigenvalue weighted by Gasteiger charge is 2.29. The molecule has 0 spiro atoms. The maximum Gasteiger partial charge on any atom is 0.323 e. The monoisotopic (exact) mass is 284 g/mol. The summed E-state index contributed by atoms with van der Waals surface area (Å²) in [5.74, 6) is -0.687. The van der Waals surface area contributed by atoms with Crippen molar-refractivity contribution in [1.29, 1.82) is 0 Å². The summed E-state index contributed by atoms with van der Waals surface area (Å²) in [6.07, 6.45) is 2.74. The van der Waals surface area contributed by atoms with Crippen LogP contribution in [0.2, 0.25) is 0 Å². The van der Waals surface area contributed by atoms with E-state index in [1.54, 1.807) is 0 Å². The van der Waals surface area contributed by atoms with Crippen LogP contribution < -0.4 is 5.32 Å². The number of carbonyl (C=O) groups excluding carboxylic acids is 2. The first kappa shape index (κ1) is 16.5. The van der Waals surface area contributed by atoms with Crippen LogP contribution in [-0.2, 0) is 14.4 Å². The number of carboxylic acids is 1. The van der Waals surface area contributed by atoms with Gasteiger partial charge in [0, 0.05) is 25.4 Å². The molecule has 6 heteroatoms. The molecule has 2 amide bonds. The predicted octanol–water partition coefficient (Wildman–Crippen LogP) is 0.862. The molecule has 0 aromatic carbocycles. The molecule has 114 valence electrons. The number of aliphatic carboxylic acids is 1. The summed E-state index contributed by atoms with van der Waals surface area (Å²) in [6.45, 7) is 4.55. The normalized spacial score (nSPS) is 14.2. The minimum atomic E-state index is -0.999. The first-order valence-electron chi connectivity index (χ1n) is 7.17. The van der Waals surface area contributed by atoms with Crippen molar-refractivity contribution in [3.8, 4) is 0 Å². The third-order valence-corrected chi connectivity index (χ3v) is 3.08. The van der Waals surface area contributed by atoms with Crippen LogP contribution in [0.25, 0.3) is 0 Å². The molecule has 1 fully saturated rings. The molecule has 2 N–H and O–H groups in total. The molecule has 0 aromatic heterocycles. The Morgan fingerprint density at radius 2 is 1.95 bits per heavy atom. The van der Waals surface area contributed by atoms with Crippen LogP contribution in [0, 0.1) is 11.8 Å². The molecule has 0 bridgehead atoms. The maximum absolute atomic E-state index is 12.0. The van der Waals surface area contributed by atoms with Crippen molar-refractivity contribution < 1.29 is 19.5 Å². The number of carbonyl (C=O) groups is 3. The highest BCUT2D eigenvalue weighted by molar-refractivity contribution is 5.82. The first-order valence-corrected chi connectivity index (χ1v) is 7.17. The molecule has 1 aliphatic rings. The van der Waals surface area contributed by atoms with E-state index in [2.05, 4.69) is 5.32 Å². The Morgan fingerprint density at radius 1 is 1.30 bits per heavy atom. The van der Waals surface area contributed by atoms with Gasteiger partial charge >= 0.3 is 5.97 Å². The van der Waals surface area contributed by atoms with Gasteiger partial charge in [-0.1, -0.05) is 13.8 Å². The van der Waals surface area contributed by atoms with Crippen LogP contribution in [-0.4, -0.2) is 47.4 Å². The average Bonchev–Trinajstić information content (AvgIpc) is 3.16. The predicted molar refractivity (Wildman–Crippen MR) is 74.0 cm³/mol. The number of rotatable bonds is 9. The van der Waals surface area contributed by atoms with Gasteiger partial charge < -0.3 is 15.3 Å². The molecular weight excluding hydrogens is 260 g/mol. The molecule has 6 nitrogen and oxygen atoms in total. The number of hydrogen-bond acceptors (Lipinski definition) is 3. The van der Waals surface area contributed by atoms with Gasteiger partial charge in [0.2, 0.25) is 11.8 Å². The van der Waals surface area contributed by atoms with Crippen LogP contribution in [0.15, 0.2) is 0 Å². The molecule has 0 atom stereocenters. The van der Waals surface area contributed by atoms with Gasteiger partial charge in [-0.25, -0.2) is 0 Å². The van der Waals surface area contributed by atoms with Crippen LogP contribution in [0.1, 0.15) is 39.5 Å². The Balaban J connectivity index is 2.25. The minimum absolute atomic E-state index is 0.0713. The second-order valence-corrected chi connectivity index (χ2v) is 5.73. The fourth-order valence-corrected chi connectivity index (χ4v) is 1.96. The summed E-state index contributed by atoms with van der Waals surface area (Å²) in [5.41, 5.74) is 0. The van der Waals surface area contributed by atoms with E-state index in [-0.39, 0.29) is 36.6 Å². The largest absolute Gasteiger partial charge is 0.480 e. The Labute approximate surface area is 119 Å². The maximum atomic E-state index is 12.0. The molecule has 0 heterocycles. The summed E-state index contributed by atoms with van der Waals surface area (Å²) >= 11 is 0. The molecular formula is C14H24N2O4. The Bertz CT molecular complexity index is 364. The van der Waals surface area contributed by atoms with E-state index in [1.807, 2.05) is 13.8 Å². The van der Waals surface area contributed by atoms with Crippen molar-refractivity contribution in [2.24, 2.45) is 11.8 Å². The standard InChI is InChI=1S/C14H24N2O4/c1-10(2)8-16(9-13(18)19)12(17)4-3-7-15-14(20)11-5-6-11/h10-11H,3-9H2,1-2H3,(H,15,20)(H,18,19). The summed E-state index contributed by atoms with van der Waals surface area (Å²) in [4.78, 5) is 35.5. The van der Waals surface area contributed by atoms with E-state index in [9.17, 15) is 14.4 Å². The molecule has 0 aromatic rings. The van der Waals surface area contributed by atoms with Gasteiger partial charge in [-0.3, -0.25) is 14.4 Å². The molecule has 20 heavy (non-hydrogen) atoms. The van der Waals surface area contributed by atoms with Crippen LogP contribution in [0.5, 0.6) is 0 Å². The quantitative estimate of drug-likeness (QED) is 0.615. The summed E-state index contributed by atoms with van der Waals surface area (Å²) in [6, 6.07) is 0. The molecule has 1 saturated carbocycles. The zero-order chi connectivity index (χ0) is 15.1. The zero-order valence-corrected chi connectivity index (χ0v) is 12.2. The second kappa shape index (κ2) is 7.87. The molecule has 1 rings (SSSR count). The SMILES string of the molecule is CC(C)CN(CC(=O)O)C(=O)CCCNC(=O)C1CC1. The van der Waals surface area contributed by atoms with Crippen LogP contribution in [0.3, 0.4) is 0 Å². The third kappa shape index (κ3) is 6.54. The van der Waals surface area contributed by atoms with Crippen LogP contribution in [0.4, 0.5) is 0 Å². The fraction of sp³-hybridized carbons (Fsp3) is 0.786. The summed E-state index contributed by atoms with van der Waals surface area (Å²) < 4.78 is 0. The van der Waals surface area contributed by atoms with Gasteiger partial charge in [-0.05, 0) is 25.2 Å². The van der Waals surface area contributed by atoms with Crippen molar-refractivity contribution >= 4 is 17.8 Å². The van der Waals surface area contributed by atoms with Crippen molar-refractivity contribution in [3.63, 3.8) is 0 Å². The average molecular weight is 284 g/mol. The Kier molecular flexibility index (Phi) is 6.48. The first-order chi connectivity index (χ1) is 9.40. The van der Waals surface area contributed by atoms with Crippen molar-refractivity contribution in [3.05, 3.63) is 0 Å². The topological polar surface area (TPSA) is 86.7 Å². The smallest absolute Gasteiger partial charge is 0.323 e. The minimum Gasteiger partial charge on any atom is -0.480 e. The second-order valence-electron chi connectivity index (χ2n) is 5.73. The van der Waals surface area contributed by atoms with Gasteiger partial charge in [0.05, 0.1) is 0 Å². The molecule has 1 aliphatic carbocycles. The van der Waals surface area contributed by atoms with Crippen molar-refractivity contribution in [2.45, 2.75) is 39.5 Å². The fourth-order valence-electron chi connectivity index (χ4n) is 1.96. The lowest BCUT2D eigenvalue weighted by Gasteiger charge is -2.22. The van der Waals surface area contributed by atoms with Gasteiger partial charge in [0.1, 0.15) is 6.54 Å². The van der Waals surface area contributed by atoms with E-state index in [0.29, 0.717) is 19.5 Å². The van der Waals surface area contributed by atoms with E-state index < -0.39 is 5.97 Å². The van der Waals surface area contributed by atoms with Crippen molar-refractivity contribution in [2.75, 3.05) is 19.6 Å². The van der Waals surface area contributed by atoms with Crippen molar-refractivity contribution in [1.82, 2.24) is 10.2 Å². The van der Waals surface area contributed by atoms with E-state index in [0.717, 1.165) is 12.8 Å². The number of nitrogens with one attached hydrogen (secondary N) is 1. The number of amides is 2. The lowest BCUT2D eigenvalue weighted by Crippen LogP contribution is -2.38. The number of hydrogen-bond donors (Lipinski definition) is 2. The highest BCUT2D eigenvalue weighted by atomic mass is 16.4. The summed E-state index contributed by atoms with van der Waals surface area (Å²) in [5, 5.41) is 11.6. The van der Waals surface area contributed by atoms with Gasteiger partial charge in [-0.15, -0.1) is 0 Å². The van der Waals surface area contributed by atoms with Gasteiger partial charge in [-0.2, -0.15) is 0 Å². The zero-order valence-electron chi connectivity index (χ0n) is 12.2. The Hall–Kier alpha value is -1.59.